The standard InChI is InChI=1S/C16H25ClN2O4S/c1-12(2)24(20,21)19(3)10-13-8-18-9-15(17)14(13)11-23-16-6-4-5-7-22-16/h8-9,12,16H,4-7,10-11H2,1-3H3. The van der Waals surface area contributed by atoms with Gasteiger partial charge in [0.1, 0.15) is 0 Å². The molecule has 24 heavy (non-hydrogen) atoms. The lowest BCUT2D eigenvalue weighted by Gasteiger charge is -2.24. The predicted octanol–water partition coefficient (Wildman–Crippen LogP) is 2.95. The lowest BCUT2D eigenvalue weighted by Crippen LogP contribution is -2.33. The molecule has 0 bridgehead atoms. The first-order valence-electron chi connectivity index (χ1n) is 8.12. The van der Waals surface area contributed by atoms with Crippen LogP contribution in [0.15, 0.2) is 12.4 Å². The molecule has 1 saturated heterocycles. The van der Waals surface area contributed by atoms with Gasteiger partial charge < -0.3 is 9.47 Å². The topological polar surface area (TPSA) is 68.7 Å². The highest BCUT2D eigenvalue weighted by atomic mass is 35.5. The van der Waals surface area contributed by atoms with Crippen molar-refractivity contribution in [1.29, 1.82) is 0 Å². The second-order valence-corrected chi connectivity index (χ2v) is 9.22. The van der Waals surface area contributed by atoms with Crippen LogP contribution < -0.4 is 0 Å². The van der Waals surface area contributed by atoms with Crippen LogP contribution in [0.25, 0.3) is 0 Å². The van der Waals surface area contributed by atoms with Crippen molar-refractivity contribution >= 4 is 21.6 Å². The highest BCUT2D eigenvalue weighted by Gasteiger charge is 2.24. The minimum Gasteiger partial charge on any atom is -0.353 e. The molecule has 1 fully saturated rings. The Morgan fingerprint density at radius 3 is 2.79 bits per heavy atom. The van der Waals surface area contributed by atoms with E-state index in [4.69, 9.17) is 21.1 Å². The summed E-state index contributed by atoms with van der Waals surface area (Å²) >= 11 is 6.26. The van der Waals surface area contributed by atoms with E-state index in [1.165, 1.54) is 4.31 Å². The number of pyridine rings is 1. The van der Waals surface area contributed by atoms with Crippen molar-refractivity contribution in [2.24, 2.45) is 0 Å². The molecular weight excluding hydrogens is 352 g/mol. The summed E-state index contributed by atoms with van der Waals surface area (Å²) in [5.74, 6) is 0. The van der Waals surface area contributed by atoms with Gasteiger partial charge >= 0.3 is 0 Å². The first kappa shape index (κ1) is 19.6. The van der Waals surface area contributed by atoms with Crippen molar-refractivity contribution in [2.75, 3.05) is 13.7 Å². The fourth-order valence-electron chi connectivity index (χ4n) is 2.51. The Morgan fingerprint density at radius 2 is 2.17 bits per heavy atom. The van der Waals surface area contributed by atoms with E-state index in [0.29, 0.717) is 11.6 Å². The molecule has 136 valence electrons. The molecule has 0 amide bonds. The van der Waals surface area contributed by atoms with Gasteiger partial charge in [-0.25, -0.2) is 12.7 Å². The van der Waals surface area contributed by atoms with Crippen LogP contribution in [0.3, 0.4) is 0 Å². The number of rotatable bonds is 7. The fraction of sp³-hybridized carbons (Fsp3) is 0.688. The van der Waals surface area contributed by atoms with Gasteiger partial charge in [0.15, 0.2) is 6.29 Å². The van der Waals surface area contributed by atoms with Gasteiger partial charge in [-0.05, 0) is 38.7 Å². The lowest BCUT2D eigenvalue weighted by molar-refractivity contribution is -0.169. The second-order valence-electron chi connectivity index (χ2n) is 6.22. The van der Waals surface area contributed by atoms with Crippen LogP contribution in [0.1, 0.15) is 44.2 Å². The third kappa shape index (κ3) is 4.89. The summed E-state index contributed by atoms with van der Waals surface area (Å²) in [5, 5.41) is -0.0105. The average Bonchev–Trinajstić information content (AvgIpc) is 2.55. The number of sulfonamides is 1. The van der Waals surface area contributed by atoms with Gasteiger partial charge in [0, 0.05) is 38.2 Å². The maximum atomic E-state index is 12.3. The van der Waals surface area contributed by atoms with Gasteiger partial charge in [0.05, 0.1) is 16.9 Å². The molecule has 2 heterocycles. The van der Waals surface area contributed by atoms with E-state index >= 15 is 0 Å². The molecule has 0 radical (unpaired) electrons. The Morgan fingerprint density at radius 1 is 1.42 bits per heavy atom. The van der Waals surface area contributed by atoms with Crippen molar-refractivity contribution in [3.63, 3.8) is 0 Å². The molecule has 0 aromatic carbocycles. The molecule has 0 spiro atoms. The Balaban J connectivity index is 2.11. The van der Waals surface area contributed by atoms with Crippen molar-refractivity contribution in [3.8, 4) is 0 Å². The SMILES string of the molecule is CC(C)S(=O)(=O)N(C)Cc1cncc(Cl)c1COC1CCCCO1. The van der Waals surface area contributed by atoms with Gasteiger partial charge in [-0.2, -0.15) is 0 Å². The Hall–Kier alpha value is -0.730. The monoisotopic (exact) mass is 376 g/mol. The molecule has 8 heteroatoms. The van der Waals surface area contributed by atoms with E-state index < -0.39 is 15.3 Å². The molecule has 0 saturated carbocycles. The minimum absolute atomic E-state index is 0.207. The number of hydrogen-bond donors (Lipinski definition) is 0. The molecule has 2 rings (SSSR count). The lowest BCUT2D eigenvalue weighted by atomic mass is 10.1. The maximum absolute atomic E-state index is 12.3. The van der Waals surface area contributed by atoms with Crippen molar-refractivity contribution in [2.45, 2.75) is 57.8 Å². The van der Waals surface area contributed by atoms with E-state index in [0.717, 1.165) is 30.4 Å². The molecule has 0 N–H and O–H groups in total. The van der Waals surface area contributed by atoms with Crippen molar-refractivity contribution < 1.29 is 17.9 Å². The molecule has 1 aromatic rings. The zero-order chi connectivity index (χ0) is 17.7. The smallest absolute Gasteiger partial charge is 0.216 e. The van der Waals surface area contributed by atoms with Gasteiger partial charge in [-0.15, -0.1) is 0 Å². The Kier molecular flexibility index (Phi) is 7.00. The highest BCUT2D eigenvalue weighted by Crippen LogP contribution is 2.24. The third-order valence-corrected chi connectivity index (χ3v) is 6.58. The number of hydrogen-bond acceptors (Lipinski definition) is 5. The second kappa shape index (κ2) is 8.58. The average molecular weight is 377 g/mol. The summed E-state index contributed by atoms with van der Waals surface area (Å²) in [6, 6.07) is 0. The van der Waals surface area contributed by atoms with Crippen LogP contribution >= 0.6 is 11.6 Å². The van der Waals surface area contributed by atoms with Crippen LogP contribution in [0.5, 0.6) is 0 Å². The molecule has 1 atom stereocenters. The number of ether oxygens (including phenoxy) is 2. The molecule has 1 aromatic heterocycles. The summed E-state index contributed by atoms with van der Waals surface area (Å²) in [6.45, 7) is 4.51. The summed E-state index contributed by atoms with van der Waals surface area (Å²) < 4.78 is 37.2. The molecule has 6 nitrogen and oxygen atoms in total. The van der Waals surface area contributed by atoms with Crippen molar-refractivity contribution in [1.82, 2.24) is 9.29 Å². The minimum atomic E-state index is -3.34. The van der Waals surface area contributed by atoms with E-state index in [1.54, 1.807) is 33.3 Å². The molecular formula is C16H25ClN2O4S. The number of aromatic nitrogens is 1. The first-order chi connectivity index (χ1) is 11.3. The summed E-state index contributed by atoms with van der Waals surface area (Å²) in [6.07, 6.45) is 5.95. The van der Waals surface area contributed by atoms with Gasteiger partial charge in [-0.3, -0.25) is 4.98 Å². The van der Waals surface area contributed by atoms with Crippen LogP contribution in [-0.2, 0) is 32.6 Å². The zero-order valence-electron chi connectivity index (χ0n) is 14.4. The zero-order valence-corrected chi connectivity index (χ0v) is 15.9. The van der Waals surface area contributed by atoms with E-state index in [-0.39, 0.29) is 19.4 Å². The summed E-state index contributed by atoms with van der Waals surface area (Å²) in [4.78, 5) is 4.08. The molecule has 1 unspecified atom stereocenters. The fourth-order valence-corrected chi connectivity index (χ4v) is 3.78. The normalized spacial score (nSPS) is 19.2. The van der Waals surface area contributed by atoms with Gasteiger partial charge in [0.25, 0.3) is 0 Å². The van der Waals surface area contributed by atoms with Gasteiger partial charge in [-0.1, -0.05) is 11.6 Å². The largest absolute Gasteiger partial charge is 0.353 e. The van der Waals surface area contributed by atoms with E-state index in [1.807, 2.05) is 0 Å². The predicted molar refractivity (Wildman–Crippen MR) is 93.1 cm³/mol. The molecule has 1 aliphatic rings. The Bertz CT molecular complexity index is 645. The van der Waals surface area contributed by atoms with Gasteiger partial charge in [0.2, 0.25) is 10.0 Å². The quantitative estimate of drug-likeness (QED) is 0.731. The van der Waals surface area contributed by atoms with Crippen LogP contribution in [-0.4, -0.2) is 42.9 Å². The Labute approximate surface area is 149 Å². The van der Waals surface area contributed by atoms with E-state index in [2.05, 4.69) is 4.98 Å². The summed E-state index contributed by atoms with van der Waals surface area (Å²) in [5.41, 5.74) is 1.50. The third-order valence-electron chi connectivity index (χ3n) is 4.07. The van der Waals surface area contributed by atoms with Crippen LogP contribution in [0.2, 0.25) is 5.02 Å². The highest BCUT2D eigenvalue weighted by molar-refractivity contribution is 7.89. The molecule has 0 aliphatic carbocycles. The van der Waals surface area contributed by atoms with Crippen molar-refractivity contribution in [3.05, 3.63) is 28.5 Å². The van der Waals surface area contributed by atoms with Crippen LogP contribution in [0, 0.1) is 0 Å². The number of nitrogens with zero attached hydrogens (tertiary/aromatic N) is 2. The first-order valence-corrected chi connectivity index (χ1v) is 10.00. The summed E-state index contributed by atoms with van der Waals surface area (Å²) in [7, 11) is -1.78. The van der Waals surface area contributed by atoms with Crippen LogP contribution in [0.4, 0.5) is 0 Å². The van der Waals surface area contributed by atoms with E-state index in [9.17, 15) is 8.42 Å². The molecule has 1 aliphatic heterocycles. The number of halogens is 1. The maximum Gasteiger partial charge on any atom is 0.216 e.